The average molecular weight is 487 g/mol. The summed E-state index contributed by atoms with van der Waals surface area (Å²) in [6, 6.07) is 0. The van der Waals surface area contributed by atoms with Gasteiger partial charge in [-0.05, 0) is 25.0 Å². The van der Waals surface area contributed by atoms with Crippen molar-refractivity contribution in [2.75, 3.05) is 0 Å². The fourth-order valence-electron chi connectivity index (χ4n) is 0.951. The van der Waals surface area contributed by atoms with Crippen LogP contribution in [0.3, 0.4) is 0 Å². The first-order valence-corrected chi connectivity index (χ1v) is 6.62. The molecule has 0 atom stereocenters. The molecule has 0 rings (SSSR count). The zero-order valence-corrected chi connectivity index (χ0v) is 16.0. The quantitative estimate of drug-likeness (QED) is 0.290. The minimum absolute atomic E-state index is 0. The van der Waals surface area contributed by atoms with Crippen molar-refractivity contribution in [2.24, 2.45) is 0 Å². The molecule has 0 bridgehead atoms. The molecular formula is C16H22BiO4. The molecule has 0 N–H and O–H groups in total. The third-order valence-electron chi connectivity index (χ3n) is 1.87. The minimum atomic E-state index is -1.15. The third kappa shape index (κ3) is 32.4. The van der Waals surface area contributed by atoms with Crippen LogP contribution in [0.5, 0.6) is 0 Å². The Bertz CT molecular complexity index is 332. The van der Waals surface area contributed by atoms with Crippen LogP contribution in [0.15, 0.2) is 48.6 Å². The first-order chi connectivity index (χ1) is 9.54. The Kier molecular flexibility index (Phi) is 24.9. The molecule has 0 heterocycles. The predicted octanol–water partition coefficient (Wildman–Crippen LogP) is 0.917. The second-order valence-electron chi connectivity index (χ2n) is 3.79. The number of carboxylic acids is 2. The Morgan fingerprint density at radius 2 is 1.10 bits per heavy atom. The maximum atomic E-state index is 9.80. The van der Waals surface area contributed by atoms with Crippen molar-refractivity contribution in [2.45, 2.75) is 39.5 Å². The molecule has 4 nitrogen and oxygen atoms in total. The zero-order chi connectivity index (χ0) is 15.6. The number of hydrogen-bond acceptors (Lipinski definition) is 4. The van der Waals surface area contributed by atoms with Crippen LogP contribution in [0.4, 0.5) is 0 Å². The average Bonchev–Trinajstić information content (AvgIpc) is 2.38. The SMILES string of the molecule is CCC/C=C/C=C/C(=O)[O-].CCC/C=C/C=C/C(=O)[O-].[Bi+2]. The van der Waals surface area contributed by atoms with Crippen LogP contribution in [-0.4, -0.2) is 38.1 Å². The van der Waals surface area contributed by atoms with E-state index < -0.39 is 11.9 Å². The Hall–Kier alpha value is -1.22. The standard InChI is InChI=1S/2C8H12O2.Bi/c2*1-2-3-4-5-6-7-8(9)10;/h2*4-7H,2-3H2,1H3,(H,9,10);/q;;+2/p-2/b2*5-4+,7-6+;. The fraction of sp³-hybridized carbons (Fsp3) is 0.375. The summed E-state index contributed by atoms with van der Waals surface area (Å²) in [6.45, 7) is 4.12. The molecule has 0 aromatic heterocycles. The van der Waals surface area contributed by atoms with E-state index >= 15 is 0 Å². The summed E-state index contributed by atoms with van der Waals surface area (Å²) >= 11 is 0. The van der Waals surface area contributed by atoms with Gasteiger partial charge < -0.3 is 19.8 Å². The van der Waals surface area contributed by atoms with Crippen molar-refractivity contribution in [1.82, 2.24) is 0 Å². The number of carboxylic acid groups (broad SMARTS) is 2. The number of rotatable bonds is 8. The summed E-state index contributed by atoms with van der Waals surface area (Å²) < 4.78 is 0. The Morgan fingerprint density at radius 1 is 0.762 bits per heavy atom. The second kappa shape index (κ2) is 21.1. The van der Waals surface area contributed by atoms with Gasteiger partial charge in [-0.2, -0.15) is 0 Å². The van der Waals surface area contributed by atoms with Gasteiger partial charge in [0.2, 0.25) is 0 Å². The van der Waals surface area contributed by atoms with Crippen LogP contribution in [0.25, 0.3) is 0 Å². The monoisotopic (exact) mass is 487 g/mol. The van der Waals surface area contributed by atoms with Gasteiger partial charge in [-0.15, -0.1) is 0 Å². The molecule has 0 aliphatic rings. The van der Waals surface area contributed by atoms with E-state index in [4.69, 9.17) is 0 Å². The van der Waals surface area contributed by atoms with E-state index in [1.54, 1.807) is 12.2 Å². The topological polar surface area (TPSA) is 80.3 Å². The summed E-state index contributed by atoms with van der Waals surface area (Å²) in [4.78, 5) is 19.6. The number of carbonyl (C=O) groups is 2. The Balaban J connectivity index is -0.000000295. The Labute approximate surface area is 146 Å². The Morgan fingerprint density at radius 3 is 1.33 bits per heavy atom. The van der Waals surface area contributed by atoms with Crippen LogP contribution in [0.1, 0.15) is 39.5 Å². The predicted molar refractivity (Wildman–Crippen MR) is 82.1 cm³/mol. The molecule has 0 aliphatic heterocycles. The molecule has 0 aliphatic carbocycles. The van der Waals surface area contributed by atoms with Gasteiger partial charge in [0.15, 0.2) is 0 Å². The third-order valence-corrected chi connectivity index (χ3v) is 1.87. The van der Waals surface area contributed by atoms with Crippen molar-refractivity contribution >= 4 is 38.1 Å². The molecule has 0 saturated carbocycles. The van der Waals surface area contributed by atoms with Crippen LogP contribution in [0.2, 0.25) is 0 Å². The number of carbonyl (C=O) groups excluding carboxylic acids is 2. The summed E-state index contributed by atoms with van der Waals surface area (Å²) in [5, 5.41) is 19.6. The normalized spacial score (nSPS) is 10.8. The summed E-state index contributed by atoms with van der Waals surface area (Å²) in [7, 11) is 0. The summed E-state index contributed by atoms with van der Waals surface area (Å²) in [6.07, 6.45) is 16.3. The molecule has 0 spiro atoms. The molecule has 3 radical (unpaired) electrons. The van der Waals surface area contributed by atoms with E-state index in [0.29, 0.717) is 0 Å². The van der Waals surface area contributed by atoms with Gasteiger partial charge in [0, 0.05) is 0 Å². The van der Waals surface area contributed by atoms with E-state index in [9.17, 15) is 19.8 Å². The van der Waals surface area contributed by atoms with Crippen LogP contribution in [-0.2, 0) is 9.59 Å². The van der Waals surface area contributed by atoms with Gasteiger partial charge in [-0.1, -0.05) is 63.1 Å². The van der Waals surface area contributed by atoms with Gasteiger partial charge in [-0.25, -0.2) is 0 Å². The second-order valence-corrected chi connectivity index (χ2v) is 3.79. The molecule has 115 valence electrons. The largest absolute Gasteiger partial charge is 2.00 e. The molecule has 0 aromatic rings. The number of unbranched alkanes of at least 4 members (excludes halogenated alkanes) is 2. The molecule has 0 aromatic carbocycles. The van der Waals surface area contributed by atoms with Crippen molar-refractivity contribution in [3.05, 3.63) is 48.6 Å². The summed E-state index contributed by atoms with van der Waals surface area (Å²) in [5.74, 6) is -2.30. The zero-order valence-electron chi connectivity index (χ0n) is 12.5. The molecule has 0 fully saturated rings. The minimum Gasteiger partial charge on any atom is -0.545 e. The maximum Gasteiger partial charge on any atom is 2.00 e. The van der Waals surface area contributed by atoms with Gasteiger partial charge in [0.1, 0.15) is 0 Å². The van der Waals surface area contributed by atoms with Gasteiger partial charge in [-0.3, -0.25) is 0 Å². The molecule has 21 heavy (non-hydrogen) atoms. The molecular weight excluding hydrogens is 465 g/mol. The first-order valence-electron chi connectivity index (χ1n) is 6.62. The van der Waals surface area contributed by atoms with E-state index in [0.717, 1.165) is 37.8 Å². The fourth-order valence-corrected chi connectivity index (χ4v) is 0.951. The number of allylic oxidation sites excluding steroid dienone is 6. The van der Waals surface area contributed by atoms with Crippen molar-refractivity contribution in [1.29, 1.82) is 0 Å². The maximum absolute atomic E-state index is 9.80. The van der Waals surface area contributed by atoms with Crippen molar-refractivity contribution in [3.63, 3.8) is 0 Å². The van der Waals surface area contributed by atoms with Crippen molar-refractivity contribution in [3.8, 4) is 0 Å². The van der Waals surface area contributed by atoms with Crippen LogP contribution >= 0.6 is 0 Å². The van der Waals surface area contributed by atoms with Gasteiger partial charge in [0.25, 0.3) is 0 Å². The van der Waals surface area contributed by atoms with E-state index in [-0.39, 0.29) is 26.2 Å². The van der Waals surface area contributed by atoms with Crippen LogP contribution in [0, 0.1) is 0 Å². The molecule has 0 saturated heterocycles. The molecule has 5 heteroatoms. The van der Waals surface area contributed by atoms with Crippen molar-refractivity contribution < 1.29 is 19.8 Å². The van der Waals surface area contributed by atoms with Gasteiger partial charge >= 0.3 is 26.2 Å². The number of hydrogen-bond donors (Lipinski definition) is 0. The van der Waals surface area contributed by atoms with E-state index in [1.165, 1.54) is 12.2 Å². The first kappa shape index (κ1) is 24.8. The number of aliphatic carboxylic acids is 2. The summed E-state index contributed by atoms with van der Waals surface area (Å²) in [5.41, 5.74) is 0. The smallest absolute Gasteiger partial charge is 0.545 e. The van der Waals surface area contributed by atoms with Crippen LogP contribution < -0.4 is 10.2 Å². The molecule has 0 amide bonds. The van der Waals surface area contributed by atoms with Gasteiger partial charge in [0.05, 0.1) is 11.9 Å². The molecule has 0 unspecified atom stereocenters. The van der Waals surface area contributed by atoms with E-state index in [2.05, 4.69) is 13.8 Å². The van der Waals surface area contributed by atoms with E-state index in [1.807, 2.05) is 12.2 Å².